The molecule has 6 heteroatoms. The molecule has 1 aliphatic heterocycles. The second-order valence-electron chi connectivity index (χ2n) is 4.44. The topological polar surface area (TPSA) is 58.5 Å². The molecule has 18 heavy (non-hydrogen) atoms. The van der Waals surface area contributed by atoms with Gasteiger partial charge in [-0.3, -0.25) is 9.71 Å². The molecule has 2 rings (SSSR count). The van der Waals surface area contributed by atoms with E-state index in [-0.39, 0.29) is 16.3 Å². The van der Waals surface area contributed by atoms with Gasteiger partial charge in [0.05, 0.1) is 10.9 Å². The third kappa shape index (κ3) is 2.67. The van der Waals surface area contributed by atoms with E-state index in [1.807, 2.05) is 13.8 Å². The molecule has 0 saturated heterocycles. The van der Waals surface area contributed by atoms with Crippen LogP contribution in [0.25, 0.3) is 0 Å². The molecule has 1 N–H and O–H groups in total. The molecule has 1 aromatic carbocycles. The van der Waals surface area contributed by atoms with Crippen molar-refractivity contribution < 1.29 is 8.42 Å². The molecule has 0 saturated carbocycles. The fourth-order valence-electron chi connectivity index (χ4n) is 1.97. The summed E-state index contributed by atoms with van der Waals surface area (Å²) in [4.78, 5) is 4.68. The van der Waals surface area contributed by atoms with Crippen LogP contribution in [-0.2, 0) is 10.0 Å². The quantitative estimate of drug-likeness (QED) is 0.866. The van der Waals surface area contributed by atoms with Gasteiger partial charge in [0.1, 0.15) is 5.84 Å². The Morgan fingerprint density at radius 1 is 1.33 bits per heavy atom. The summed E-state index contributed by atoms with van der Waals surface area (Å²) in [5.41, 5.74) is 0.631. The van der Waals surface area contributed by atoms with Gasteiger partial charge in [0.2, 0.25) is 0 Å². The number of sulfonamides is 1. The summed E-state index contributed by atoms with van der Waals surface area (Å²) in [5, 5.41) is 0.0117. The lowest BCUT2D eigenvalue weighted by atomic mass is 10.2. The fourth-order valence-corrected chi connectivity index (χ4v) is 3.47. The maximum atomic E-state index is 11.8. The van der Waals surface area contributed by atoms with Gasteiger partial charge in [0, 0.05) is 10.9 Å². The second kappa shape index (κ2) is 4.90. The predicted octanol–water partition coefficient (Wildman–Crippen LogP) is 2.13. The van der Waals surface area contributed by atoms with Gasteiger partial charge < -0.3 is 0 Å². The van der Waals surface area contributed by atoms with Gasteiger partial charge in [0.25, 0.3) is 10.0 Å². The number of amidine groups is 1. The molecule has 1 aromatic rings. The minimum atomic E-state index is -3.44. The van der Waals surface area contributed by atoms with Crippen LogP contribution in [0.4, 0.5) is 0 Å². The highest BCUT2D eigenvalue weighted by molar-refractivity contribution is 7.90. The van der Waals surface area contributed by atoms with Crippen LogP contribution in [0.3, 0.4) is 0 Å². The van der Waals surface area contributed by atoms with Crippen molar-refractivity contribution in [3.8, 4) is 0 Å². The van der Waals surface area contributed by atoms with Crippen molar-refractivity contribution in [2.24, 2.45) is 4.99 Å². The van der Waals surface area contributed by atoms with Crippen molar-refractivity contribution in [1.29, 1.82) is 0 Å². The van der Waals surface area contributed by atoms with Crippen LogP contribution in [0.1, 0.15) is 25.8 Å². The first-order valence-electron chi connectivity index (χ1n) is 5.74. The molecule has 0 aliphatic carbocycles. The summed E-state index contributed by atoms with van der Waals surface area (Å²) in [6.45, 7) is 3.81. The van der Waals surface area contributed by atoms with Crippen molar-refractivity contribution in [2.45, 2.75) is 36.6 Å². The van der Waals surface area contributed by atoms with Crippen LogP contribution in [0, 0.1) is 0 Å². The number of nitrogens with one attached hydrogen (secondary N) is 1. The van der Waals surface area contributed by atoms with E-state index in [0.29, 0.717) is 17.8 Å². The van der Waals surface area contributed by atoms with Crippen LogP contribution in [0.5, 0.6) is 0 Å². The molecule has 0 bridgehead atoms. The van der Waals surface area contributed by atoms with Gasteiger partial charge >= 0.3 is 0 Å². The summed E-state index contributed by atoms with van der Waals surface area (Å²) >= 11 is 5.91. The second-order valence-corrected chi connectivity index (χ2v) is 6.84. The SMILES string of the molecule is CC(Cl)CC(C)N=C1NS(=O)(=O)c2ccccc21. The van der Waals surface area contributed by atoms with Gasteiger partial charge in [-0.05, 0) is 32.4 Å². The largest absolute Gasteiger partial charge is 0.264 e. The van der Waals surface area contributed by atoms with E-state index in [1.54, 1.807) is 24.3 Å². The molecule has 1 aliphatic rings. The van der Waals surface area contributed by atoms with Crippen LogP contribution >= 0.6 is 11.6 Å². The van der Waals surface area contributed by atoms with Crippen molar-refractivity contribution >= 4 is 27.5 Å². The van der Waals surface area contributed by atoms with Crippen molar-refractivity contribution in [3.05, 3.63) is 29.8 Å². The van der Waals surface area contributed by atoms with E-state index < -0.39 is 10.0 Å². The molecular weight excluding hydrogens is 272 g/mol. The molecule has 0 aromatic heterocycles. The standard InChI is InChI=1S/C12H15ClN2O2S/c1-8(13)7-9(2)14-12-10-5-3-4-6-11(10)18(16,17)15-12/h3-6,8-9H,7H2,1-2H3,(H,14,15). The van der Waals surface area contributed by atoms with E-state index >= 15 is 0 Å². The number of rotatable bonds is 3. The van der Waals surface area contributed by atoms with Crippen molar-refractivity contribution in [3.63, 3.8) is 0 Å². The van der Waals surface area contributed by atoms with Crippen LogP contribution < -0.4 is 4.72 Å². The number of fused-ring (bicyclic) bond motifs is 1. The zero-order valence-corrected chi connectivity index (χ0v) is 11.8. The highest BCUT2D eigenvalue weighted by Gasteiger charge is 2.30. The van der Waals surface area contributed by atoms with Gasteiger partial charge in [0.15, 0.2) is 0 Å². The summed E-state index contributed by atoms with van der Waals surface area (Å²) in [6, 6.07) is 6.80. The van der Waals surface area contributed by atoms with E-state index in [9.17, 15) is 8.42 Å². The Kier molecular flexibility index (Phi) is 3.64. The Bertz CT molecular complexity index is 581. The fraction of sp³-hybridized carbons (Fsp3) is 0.417. The number of benzene rings is 1. The average molecular weight is 287 g/mol. The normalized spacial score (nSPS) is 22.3. The number of hydrogen-bond acceptors (Lipinski definition) is 3. The molecule has 2 atom stereocenters. The predicted molar refractivity (Wildman–Crippen MR) is 72.7 cm³/mol. The monoisotopic (exact) mass is 286 g/mol. The lowest BCUT2D eigenvalue weighted by Crippen LogP contribution is -2.24. The molecule has 0 radical (unpaired) electrons. The van der Waals surface area contributed by atoms with Crippen LogP contribution in [0.2, 0.25) is 0 Å². The van der Waals surface area contributed by atoms with E-state index in [2.05, 4.69) is 9.71 Å². The maximum Gasteiger partial charge on any atom is 0.263 e. The summed E-state index contributed by atoms with van der Waals surface area (Å²) in [5.74, 6) is 0.412. The molecule has 98 valence electrons. The van der Waals surface area contributed by atoms with Gasteiger partial charge in [-0.2, -0.15) is 0 Å². The summed E-state index contributed by atoms with van der Waals surface area (Å²) < 4.78 is 26.2. The zero-order chi connectivity index (χ0) is 13.3. The van der Waals surface area contributed by atoms with Gasteiger partial charge in [-0.25, -0.2) is 8.42 Å². The molecule has 1 heterocycles. The Morgan fingerprint density at radius 2 is 2.00 bits per heavy atom. The van der Waals surface area contributed by atoms with Gasteiger partial charge in [-0.15, -0.1) is 11.6 Å². The van der Waals surface area contributed by atoms with Gasteiger partial charge in [-0.1, -0.05) is 12.1 Å². The number of aliphatic imine (C=N–C) groups is 1. The van der Waals surface area contributed by atoms with Crippen molar-refractivity contribution in [1.82, 2.24) is 4.72 Å². The highest BCUT2D eigenvalue weighted by Crippen LogP contribution is 2.23. The third-order valence-corrected chi connectivity index (χ3v) is 4.25. The number of nitrogens with zero attached hydrogens (tertiary/aromatic N) is 1. The number of halogens is 1. The Balaban J connectivity index is 2.36. The molecule has 2 unspecified atom stereocenters. The molecular formula is C12H15ClN2O2S. The Morgan fingerprint density at radius 3 is 2.67 bits per heavy atom. The highest BCUT2D eigenvalue weighted by atomic mass is 35.5. The minimum Gasteiger partial charge on any atom is -0.264 e. The smallest absolute Gasteiger partial charge is 0.263 e. The Hall–Kier alpha value is -1.07. The van der Waals surface area contributed by atoms with E-state index in [1.165, 1.54) is 0 Å². The summed E-state index contributed by atoms with van der Waals surface area (Å²) in [7, 11) is -3.44. The Labute approximate surface area is 112 Å². The average Bonchev–Trinajstić information content (AvgIpc) is 2.50. The minimum absolute atomic E-state index is 0.0117. The third-order valence-electron chi connectivity index (χ3n) is 2.68. The molecule has 0 fully saturated rings. The molecule has 0 spiro atoms. The first-order valence-corrected chi connectivity index (χ1v) is 7.66. The van der Waals surface area contributed by atoms with E-state index in [0.717, 1.165) is 0 Å². The van der Waals surface area contributed by atoms with E-state index in [4.69, 9.17) is 11.6 Å². The lowest BCUT2D eigenvalue weighted by molar-refractivity contribution is 0.594. The maximum absolute atomic E-state index is 11.8. The molecule has 4 nitrogen and oxygen atoms in total. The first-order chi connectivity index (χ1) is 8.40. The number of hydrogen-bond donors (Lipinski definition) is 1. The van der Waals surface area contributed by atoms with Crippen LogP contribution in [0.15, 0.2) is 34.2 Å². The van der Waals surface area contributed by atoms with Crippen molar-refractivity contribution in [2.75, 3.05) is 0 Å². The summed E-state index contributed by atoms with van der Waals surface area (Å²) in [6.07, 6.45) is 0.703. The lowest BCUT2D eigenvalue weighted by Gasteiger charge is -2.09. The number of alkyl halides is 1. The zero-order valence-electron chi connectivity index (χ0n) is 10.2. The first kappa shape index (κ1) is 13.4. The molecule has 0 amide bonds. The van der Waals surface area contributed by atoms with Crippen LogP contribution in [-0.4, -0.2) is 25.7 Å².